The second kappa shape index (κ2) is 6.74. The summed E-state index contributed by atoms with van der Waals surface area (Å²) in [5.41, 5.74) is 1.30. The molecular formula is C12H19ClN2O. The molecule has 16 heavy (non-hydrogen) atoms. The van der Waals surface area contributed by atoms with E-state index in [0.717, 1.165) is 32.0 Å². The first-order chi connectivity index (χ1) is 7.40. The Morgan fingerprint density at radius 2 is 2.25 bits per heavy atom. The number of benzene rings is 1. The topological polar surface area (TPSA) is 33.3 Å². The minimum atomic E-state index is 0. The molecule has 90 valence electrons. The SMILES string of the molecule is CCOc1cccc([C@H]2CNCCN2)c1.Cl. The van der Waals surface area contributed by atoms with Crippen molar-refractivity contribution >= 4 is 12.4 Å². The van der Waals surface area contributed by atoms with Crippen LogP contribution in [0.3, 0.4) is 0 Å². The lowest BCUT2D eigenvalue weighted by molar-refractivity contribution is 0.338. The van der Waals surface area contributed by atoms with Crippen LogP contribution in [0.25, 0.3) is 0 Å². The fraction of sp³-hybridized carbons (Fsp3) is 0.500. The van der Waals surface area contributed by atoms with Crippen molar-refractivity contribution in [3.8, 4) is 5.75 Å². The largest absolute Gasteiger partial charge is 0.494 e. The minimum Gasteiger partial charge on any atom is -0.494 e. The maximum absolute atomic E-state index is 5.49. The van der Waals surface area contributed by atoms with Crippen molar-refractivity contribution in [1.82, 2.24) is 10.6 Å². The Hall–Kier alpha value is -0.770. The van der Waals surface area contributed by atoms with Crippen LogP contribution in [0, 0.1) is 0 Å². The maximum Gasteiger partial charge on any atom is 0.119 e. The summed E-state index contributed by atoms with van der Waals surface area (Å²) in [6.07, 6.45) is 0. The van der Waals surface area contributed by atoms with Crippen LogP contribution in [0.15, 0.2) is 24.3 Å². The second-order valence-corrected chi connectivity index (χ2v) is 3.72. The van der Waals surface area contributed by atoms with Gasteiger partial charge in [0.15, 0.2) is 0 Å². The molecule has 1 saturated heterocycles. The Balaban J connectivity index is 0.00000128. The first kappa shape index (κ1) is 13.3. The lowest BCUT2D eigenvalue weighted by Crippen LogP contribution is -2.42. The third-order valence-electron chi connectivity index (χ3n) is 2.61. The molecule has 1 aromatic rings. The lowest BCUT2D eigenvalue weighted by atomic mass is 10.1. The molecule has 2 N–H and O–H groups in total. The quantitative estimate of drug-likeness (QED) is 0.847. The van der Waals surface area contributed by atoms with Crippen molar-refractivity contribution in [2.24, 2.45) is 0 Å². The summed E-state index contributed by atoms with van der Waals surface area (Å²) >= 11 is 0. The molecule has 0 bridgehead atoms. The molecular weight excluding hydrogens is 224 g/mol. The fourth-order valence-electron chi connectivity index (χ4n) is 1.88. The standard InChI is InChI=1S/C12H18N2O.ClH/c1-2-15-11-5-3-4-10(8-11)12-9-13-6-7-14-12;/h3-5,8,12-14H,2,6-7,9H2,1H3;1H/t12-;/m1./s1. The van der Waals surface area contributed by atoms with Crippen LogP contribution in [-0.4, -0.2) is 26.2 Å². The third kappa shape index (κ3) is 3.37. The molecule has 0 saturated carbocycles. The van der Waals surface area contributed by atoms with Crippen LogP contribution in [-0.2, 0) is 0 Å². The van der Waals surface area contributed by atoms with E-state index in [0.29, 0.717) is 6.04 Å². The van der Waals surface area contributed by atoms with E-state index >= 15 is 0 Å². The maximum atomic E-state index is 5.49. The van der Waals surface area contributed by atoms with Crippen molar-refractivity contribution in [1.29, 1.82) is 0 Å². The fourth-order valence-corrected chi connectivity index (χ4v) is 1.88. The van der Waals surface area contributed by atoms with Gasteiger partial charge in [0.1, 0.15) is 5.75 Å². The predicted octanol–water partition coefficient (Wildman–Crippen LogP) is 1.74. The molecule has 0 radical (unpaired) electrons. The van der Waals surface area contributed by atoms with Crippen LogP contribution in [0.1, 0.15) is 18.5 Å². The van der Waals surface area contributed by atoms with E-state index in [-0.39, 0.29) is 12.4 Å². The first-order valence-corrected chi connectivity index (χ1v) is 5.57. The number of rotatable bonds is 3. The summed E-state index contributed by atoms with van der Waals surface area (Å²) in [6, 6.07) is 8.74. The Bertz CT molecular complexity index is 314. The van der Waals surface area contributed by atoms with Crippen LogP contribution in [0.5, 0.6) is 5.75 Å². The molecule has 1 aliphatic heterocycles. The van der Waals surface area contributed by atoms with Crippen LogP contribution < -0.4 is 15.4 Å². The first-order valence-electron chi connectivity index (χ1n) is 5.57. The molecule has 0 aliphatic carbocycles. The average Bonchev–Trinajstić information content (AvgIpc) is 2.31. The van der Waals surface area contributed by atoms with E-state index in [2.05, 4.69) is 28.8 Å². The highest BCUT2D eigenvalue weighted by Gasteiger charge is 2.14. The Labute approximate surface area is 103 Å². The summed E-state index contributed by atoms with van der Waals surface area (Å²) in [7, 11) is 0. The molecule has 4 heteroatoms. The number of halogens is 1. The number of hydrogen-bond acceptors (Lipinski definition) is 3. The van der Waals surface area contributed by atoms with Crippen molar-refractivity contribution < 1.29 is 4.74 Å². The number of hydrogen-bond donors (Lipinski definition) is 2. The Kier molecular flexibility index (Phi) is 5.60. The van der Waals surface area contributed by atoms with Crippen molar-refractivity contribution in [2.75, 3.05) is 26.2 Å². The van der Waals surface area contributed by atoms with Gasteiger partial charge in [0, 0.05) is 25.7 Å². The van der Waals surface area contributed by atoms with E-state index < -0.39 is 0 Å². The third-order valence-corrected chi connectivity index (χ3v) is 2.61. The molecule has 2 rings (SSSR count). The van der Waals surface area contributed by atoms with Gasteiger partial charge >= 0.3 is 0 Å². The molecule has 1 fully saturated rings. The number of ether oxygens (including phenoxy) is 1. The molecule has 1 heterocycles. The van der Waals surface area contributed by atoms with E-state index in [1.807, 2.05) is 13.0 Å². The van der Waals surface area contributed by atoms with E-state index in [4.69, 9.17) is 4.74 Å². The zero-order valence-corrected chi connectivity index (χ0v) is 10.3. The van der Waals surface area contributed by atoms with Gasteiger partial charge in [0.2, 0.25) is 0 Å². The molecule has 0 aromatic heterocycles. The van der Waals surface area contributed by atoms with Crippen molar-refractivity contribution in [2.45, 2.75) is 13.0 Å². The zero-order valence-electron chi connectivity index (χ0n) is 9.53. The smallest absolute Gasteiger partial charge is 0.119 e. The van der Waals surface area contributed by atoms with Gasteiger partial charge in [-0.25, -0.2) is 0 Å². The molecule has 1 atom stereocenters. The second-order valence-electron chi connectivity index (χ2n) is 3.72. The van der Waals surface area contributed by atoms with Crippen LogP contribution in [0.2, 0.25) is 0 Å². The molecule has 0 spiro atoms. The number of piperazine rings is 1. The van der Waals surface area contributed by atoms with Gasteiger partial charge in [0.25, 0.3) is 0 Å². The summed E-state index contributed by atoms with van der Waals surface area (Å²) < 4.78 is 5.49. The highest BCUT2D eigenvalue weighted by Crippen LogP contribution is 2.19. The normalized spacial score (nSPS) is 19.9. The summed E-state index contributed by atoms with van der Waals surface area (Å²) in [5, 5.41) is 6.87. The van der Waals surface area contributed by atoms with Gasteiger partial charge in [-0.1, -0.05) is 12.1 Å². The molecule has 0 unspecified atom stereocenters. The predicted molar refractivity (Wildman–Crippen MR) is 68.5 cm³/mol. The summed E-state index contributed by atoms with van der Waals surface area (Å²) in [5.74, 6) is 0.961. The Morgan fingerprint density at radius 3 is 2.94 bits per heavy atom. The van der Waals surface area contributed by atoms with E-state index in [1.54, 1.807) is 0 Å². The average molecular weight is 243 g/mol. The van der Waals surface area contributed by atoms with Gasteiger partial charge in [0.05, 0.1) is 6.61 Å². The molecule has 0 amide bonds. The zero-order chi connectivity index (χ0) is 10.5. The van der Waals surface area contributed by atoms with Gasteiger partial charge in [-0.2, -0.15) is 0 Å². The summed E-state index contributed by atoms with van der Waals surface area (Å²) in [4.78, 5) is 0. The summed E-state index contributed by atoms with van der Waals surface area (Å²) in [6.45, 7) is 5.81. The Morgan fingerprint density at radius 1 is 1.38 bits per heavy atom. The van der Waals surface area contributed by atoms with Crippen molar-refractivity contribution in [3.63, 3.8) is 0 Å². The van der Waals surface area contributed by atoms with Gasteiger partial charge < -0.3 is 15.4 Å². The van der Waals surface area contributed by atoms with Crippen molar-refractivity contribution in [3.05, 3.63) is 29.8 Å². The van der Waals surface area contributed by atoms with Gasteiger partial charge in [-0.15, -0.1) is 12.4 Å². The molecule has 1 aromatic carbocycles. The molecule has 1 aliphatic rings. The monoisotopic (exact) mass is 242 g/mol. The van der Waals surface area contributed by atoms with E-state index in [9.17, 15) is 0 Å². The van der Waals surface area contributed by atoms with Crippen LogP contribution >= 0.6 is 12.4 Å². The van der Waals surface area contributed by atoms with Gasteiger partial charge in [-0.3, -0.25) is 0 Å². The van der Waals surface area contributed by atoms with E-state index in [1.165, 1.54) is 5.56 Å². The highest BCUT2D eigenvalue weighted by molar-refractivity contribution is 5.85. The highest BCUT2D eigenvalue weighted by atomic mass is 35.5. The molecule has 3 nitrogen and oxygen atoms in total. The van der Waals surface area contributed by atoms with Gasteiger partial charge in [-0.05, 0) is 24.6 Å². The number of nitrogens with one attached hydrogen (secondary N) is 2. The lowest BCUT2D eigenvalue weighted by Gasteiger charge is -2.25. The van der Waals surface area contributed by atoms with Crippen LogP contribution in [0.4, 0.5) is 0 Å². The minimum absolute atomic E-state index is 0.